The predicted molar refractivity (Wildman–Crippen MR) is 103 cm³/mol. The second kappa shape index (κ2) is 8.81. The number of carbonyl (C=O) groups excluding carboxylic acids is 2. The number of benzene rings is 3. The lowest BCUT2D eigenvalue weighted by molar-refractivity contribution is -0.118. The molecule has 28 heavy (non-hydrogen) atoms. The molecule has 0 bridgehead atoms. The van der Waals surface area contributed by atoms with E-state index in [2.05, 4.69) is 5.32 Å². The van der Waals surface area contributed by atoms with E-state index in [9.17, 15) is 14.0 Å². The van der Waals surface area contributed by atoms with Crippen molar-refractivity contribution < 1.29 is 23.5 Å². The fourth-order valence-corrected chi connectivity index (χ4v) is 2.45. The zero-order valence-electron chi connectivity index (χ0n) is 15.1. The number of rotatable bonds is 7. The number of para-hydroxylation sites is 1. The molecule has 3 aromatic carbocycles. The molecule has 0 unspecified atom stereocenters. The molecule has 0 fully saturated rings. The third-order valence-electron chi connectivity index (χ3n) is 3.81. The summed E-state index contributed by atoms with van der Waals surface area (Å²) in [5.74, 6) is 0.0788. The minimum absolute atomic E-state index is 0.0189. The van der Waals surface area contributed by atoms with Gasteiger partial charge in [-0.15, -0.1) is 0 Å². The molecule has 0 radical (unpaired) electrons. The predicted octanol–water partition coefficient (Wildman–Crippen LogP) is 4.84. The number of anilines is 1. The Morgan fingerprint density at radius 3 is 2.18 bits per heavy atom. The summed E-state index contributed by atoms with van der Waals surface area (Å²) in [6, 6.07) is 20.1. The summed E-state index contributed by atoms with van der Waals surface area (Å²) in [7, 11) is 0. The third-order valence-corrected chi connectivity index (χ3v) is 3.81. The Labute approximate surface area is 161 Å². The third kappa shape index (κ3) is 5.17. The van der Waals surface area contributed by atoms with E-state index in [-0.39, 0.29) is 23.7 Å². The van der Waals surface area contributed by atoms with Crippen molar-refractivity contribution >= 4 is 17.4 Å². The van der Waals surface area contributed by atoms with Gasteiger partial charge in [0.1, 0.15) is 23.1 Å². The molecule has 0 saturated carbocycles. The molecule has 0 aromatic heterocycles. The number of hydrogen-bond donors (Lipinski definition) is 1. The van der Waals surface area contributed by atoms with E-state index in [0.29, 0.717) is 11.4 Å². The first-order valence-electron chi connectivity index (χ1n) is 8.57. The SMILES string of the molecule is CC(=O)c1ccc(OCC(=O)Nc2ccc(Oc3ccccc3)cc2)cc1F. The molecular weight excluding hydrogens is 361 g/mol. The largest absolute Gasteiger partial charge is 0.484 e. The van der Waals surface area contributed by atoms with Gasteiger partial charge in [0.2, 0.25) is 0 Å². The van der Waals surface area contributed by atoms with Crippen LogP contribution in [0.1, 0.15) is 17.3 Å². The van der Waals surface area contributed by atoms with Gasteiger partial charge in [-0.25, -0.2) is 4.39 Å². The van der Waals surface area contributed by atoms with Crippen LogP contribution in [0.15, 0.2) is 72.8 Å². The van der Waals surface area contributed by atoms with E-state index in [0.717, 1.165) is 11.8 Å². The monoisotopic (exact) mass is 379 g/mol. The Balaban J connectivity index is 1.52. The van der Waals surface area contributed by atoms with Crippen LogP contribution >= 0.6 is 0 Å². The van der Waals surface area contributed by atoms with Crippen LogP contribution in [0.2, 0.25) is 0 Å². The molecule has 0 aliphatic carbocycles. The van der Waals surface area contributed by atoms with Crippen molar-refractivity contribution in [2.75, 3.05) is 11.9 Å². The van der Waals surface area contributed by atoms with E-state index >= 15 is 0 Å². The topological polar surface area (TPSA) is 64.6 Å². The molecule has 0 aliphatic heterocycles. The van der Waals surface area contributed by atoms with Crippen LogP contribution in [-0.4, -0.2) is 18.3 Å². The summed E-state index contributed by atoms with van der Waals surface area (Å²) in [4.78, 5) is 23.2. The second-order valence-corrected chi connectivity index (χ2v) is 5.97. The standard InChI is InChI=1S/C22H18FNO4/c1-15(25)20-12-11-19(13-21(20)23)27-14-22(26)24-16-7-9-18(10-8-16)28-17-5-3-2-4-6-17/h2-13H,14H2,1H3,(H,24,26). The summed E-state index contributed by atoms with van der Waals surface area (Å²) in [5.41, 5.74) is 0.557. The van der Waals surface area contributed by atoms with Crippen LogP contribution in [0.25, 0.3) is 0 Å². The first kappa shape index (κ1) is 19.1. The highest BCUT2D eigenvalue weighted by atomic mass is 19.1. The van der Waals surface area contributed by atoms with Gasteiger partial charge in [0.15, 0.2) is 12.4 Å². The molecule has 1 amide bonds. The minimum Gasteiger partial charge on any atom is -0.484 e. The number of nitrogens with one attached hydrogen (secondary N) is 1. The zero-order chi connectivity index (χ0) is 19.9. The molecule has 1 N–H and O–H groups in total. The van der Waals surface area contributed by atoms with Crippen LogP contribution in [0, 0.1) is 5.82 Å². The van der Waals surface area contributed by atoms with Gasteiger partial charge in [0.05, 0.1) is 5.56 Å². The number of halogens is 1. The lowest BCUT2D eigenvalue weighted by atomic mass is 10.1. The Hall–Kier alpha value is -3.67. The van der Waals surface area contributed by atoms with Crippen molar-refractivity contribution in [3.8, 4) is 17.2 Å². The summed E-state index contributed by atoms with van der Waals surface area (Å²) in [6.45, 7) is 0.990. The molecule has 5 nitrogen and oxygen atoms in total. The maximum absolute atomic E-state index is 13.8. The quantitative estimate of drug-likeness (QED) is 0.597. The number of hydrogen-bond acceptors (Lipinski definition) is 4. The molecule has 0 spiro atoms. The van der Waals surface area contributed by atoms with Gasteiger partial charge in [0.25, 0.3) is 5.91 Å². The van der Waals surface area contributed by atoms with Crippen molar-refractivity contribution in [2.45, 2.75) is 6.92 Å². The smallest absolute Gasteiger partial charge is 0.262 e. The van der Waals surface area contributed by atoms with Crippen molar-refractivity contribution in [3.05, 3.63) is 84.2 Å². The van der Waals surface area contributed by atoms with Crippen LogP contribution in [0.5, 0.6) is 17.2 Å². The van der Waals surface area contributed by atoms with Gasteiger partial charge in [-0.3, -0.25) is 9.59 Å². The average Bonchev–Trinajstić information content (AvgIpc) is 2.68. The van der Waals surface area contributed by atoms with Gasteiger partial charge in [0, 0.05) is 11.8 Å². The van der Waals surface area contributed by atoms with Crippen molar-refractivity contribution in [1.82, 2.24) is 0 Å². The Bertz CT molecular complexity index is 972. The highest BCUT2D eigenvalue weighted by molar-refractivity contribution is 5.94. The summed E-state index contributed by atoms with van der Waals surface area (Å²) >= 11 is 0. The molecule has 6 heteroatoms. The van der Waals surface area contributed by atoms with E-state index in [1.165, 1.54) is 19.1 Å². The Morgan fingerprint density at radius 2 is 1.54 bits per heavy atom. The van der Waals surface area contributed by atoms with Crippen LogP contribution in [-0.2, 0) is 4.79 Å². The lowest BCUT2D eigenvalue weighted by Gasteiger charge is -2.09. The second-order valence-electron chi connectivity index (χ2n) is 5.97. The normalized spacial score (nSPS) is 10.2. The summed E-state index contributed by atoms with van der Waals surface area (Å²) in [5, 5.41) is 2.68. The first-order valence-corrected chi connectivity index (χ1v) is 8.57. The maximum atomic E-state index is 13.8. The van der Waals surface area contributed by atoms with Crippen LogP contribution < -0.4 is 14.8 Å². The minimum atomic E-state index is -0.681. The molecule has 0 heterocycles. The maximum Gasteiger partial charge on any atom is 0.262 e. The fourth-order valence-electron chi connectivity index (χ4n) is 2.45. The lowest BCUT2D eigenvalue weighted by Crippen LogP contribution is -2.20. The van der Waals surface area contributed by atoms with E-state index in [4.69, 9.17) is 9.47 Å². The fraction of sp³-hybridized carbons (Fsp3) is 0.0909. The van der Waals surface area contributed by atoms with Gasteiger partial charge in [-0.2, -0.15) is 0 Å². The molecule has 0 atom stereocenters. The number of ketones is 1. The Kier molecular flexibility index (Phi) is 6.01. The summed E-state index contributed by atoms with van der Waals surface area (Å²) in [6.07, 6.45) is 0. The highest BCUT2D eigenvalue weighted by Gasteiger charge is 2.10. The zero-order valence-corrected chi connectivity index (χ0v) is 15.1. The van der Waals surface area contributed by atoms with Crippen LogP contribution in [0.4, 0.5) is 10.1 Å². The molecule has 0 aliphatic rings. The van der Waals surface area contributed by atoms with Gasteiger partial charge >= 0.3 is 0 Å². The number of carbonyl (C=O) groups is 2. The molecular formula is C22H18FNO4. The van der Waals surface area contributed by atoms with E-state index in [1.807, 2.05) is 30.3 Å². The number of amides is 1. The van der Waals surface area contributed by atoms with Crippen molar-refractivity contribution in [1.29, 1.82) is 0 Å². The first-order chi connectivity index (χ1) is 13.5. The van der Waals surface area contributed by atoms with Crippen molar-refractivity contribution in [3.63, 3.8) is 0 Å². The van der Waals surface area contributed by atoms with E-state index < -0.39 is 11.7 Å². The molecule has 3 rings (SSSR count). The van der Waals surface area contributed by atoms with Crippen molar-refractivity contribution in [2.24, 2.45) is 0 Å². The summed E-state index contributed by atoms with van der Waals surface area (Å²) < 4.78 is 24.7. The Morgan fingerprint density at radius 1 is 0.893 bits per heavy atom. The van der Waals surface area contributed by atoms with Gasteiger partial charge in [-0.1, -0.05) is 18.2 Å². The van der Waals surface area contributed by atoms with E-state index in [1.54, 1.807) is 24.3 Å². The molecule has 3 aromatic rings. The highest BCUT2D eigenvalue weighted by Crippen LogP contribution is 2.22. The molecule has 0 saturated heterocycles. The number of ether oxygens (including phenoxy) is 2. The van der Waals surface area contributed by atoms with Crippen LogP contribution in [0.3, 0.4) is 0 Å². The number of Topliss-reactive ketones (excluding diaryl/α,β-unsaturated/α-hetero) is 1. The molecule has 142 valence electrons. The average molecular weight is 379 g/mol. The van der Waals surface area contributed by atoms with Gasteiger partial charge < -0.3 is 14.8 Å². The van der Waals surface area contributed by atoms with Gasteiger partial charge in [-0.05, 0) is 55.5 Å².